The quantitative estimate of drug-likeness (QED) is 0.281. The summed E-state index contributed by atoms with van der Waals surface area (Å²) >= 11 is 1.98. The highest BCUT2D eigenvalue weighted by molar-refractivity contribution is 7.99. The third-order valence-electron chi connectivity index (χ3n) is 8.40. The molecular formula is C36H44O5S. The van der Waals surface area contributed by atoms with E-state index in [1.807, 2.05) is 30.8 Å². The first-order valence-electron chi connectivity index (χ1n) is 15.0. The van der Waals surface area contributed by atoms with Gasteiger partial charge in [-0.05, 0) is 46.6 Å². The van der Waals surface area contributed by atoms with Crippen molar-refractivity contribution in [1.29, 1.82) is 0 Å². The first-order valence-corrected chi connectivity index (χ1v) is 15.9. The molecule has 6 heteroatoms. The minimum absolute atomic E-state index is 0.183. The molecule has 3 aromatic carbocycles. The maximum atomic E-state index is 12.8. The van der Waals surface area contributed by atoms with E-state index in [-0.39, 0.29) is 34.9 Å². The molecule has 2 aliphatic rings. The average molecular weight is 589 g/mol. The van der Waals surface area contributed by atoms with Crippen LogP contribution < -0.4 is 0 Å². The summed E-state index contributed by atoms with van der Waals surface area (Å²) in [4.78, 5) is 12.8. The summed E-state index contributed by atoms with van der Waals surface area (Å²) in [5.74, 6) is -0.572. The van der Waals surface area contributed by atoms with E-state index in [2.05, 4.69) is 88.4 Å². The summed E-state index contributed by atoms with van der Waals surface area (Å²) in [6.07, 6.45) is 2.41. The van der Waals surface area contributed by atoms with Crippen molar-refractivity contribution >= 4 is 17.7 Å². The van der Waals surface area contributed by atoms with Crippen molar-refractivity contribution in [3.8, 4) is 5.75 Å². The van der Waals surface area contributed by atoms with E-state index in [4.69, 9.17) is 14.2 Å². The van der Waals surface area contributed by atoms with Crippen LogP contribution >= 0.6 is 11.8 Å². The Hall–Kier alpha value is -2.80. The van der Waals surface area contributed by atoms with Gasteiger partial charge in [0.2, 0.25) is 0 Å². The van der Waals surface area contributed by atoms with Crippen molar-refractivity contribution in [1.82, 2.24) is 0 Å². The minimum atomic E-state index is -0.669. The summed E-state index contributed by atoms with van der Waals surface area (Å²) in [5, 5.41) is 11.0. The zero-order valence-electron chi connectivity index (χ0n) is 25.5. The van der Waals surface area contributed by atoms with E-state index in [9.17, 15) is 9.90 Å². The second-order valence-electron chi connectivity index (χ2n) is 13.4. The van der Waals surface area contributed by atoms with E-state index >= 15 is 0 Å². The lowest BCUT2D eigenvalue weighted by Crippen LogP contribution is -2.52. The van der Waals surface area contributed by atoms with Crippen LogP contribution in [0.5, 0.6) is 5.75 Å². The SMILES string of the molecule is Cc1cc(CCC(=O)OCC2(C)COC3(CC(c4ccccc4)SC(c4ccccc4)C3)OC2)cc(C(C)(C)C)c1O. The number of carbonyl (C=O) groups is 1. The average Bonchev–Trinajstić information content (AvgIpc) is 2.98. The molecule has 2 aliphatic heterocycles. The van der Waals surface area contributed by atoms with Gasteiger partial charge < -0.3 is 19.3 Å². The number of aromatic hydroxyl groups is 1. The smallest absolute Gasteiger partial charge is 0.306 e. The molecule has 0 saturated carbocycles. The highest BCUT2D eigenvalue weighted by atomic mass is 32.2. The molecule has 42 heavy (non-hydrogen) atoms. The fourth-order valence-electron chi connectivity index (χ4n) is 5.83. The molecule has 3 aromatic rings. The summed E-state index contributed by atoms with van der Waals surface area (Å²) < 4.78 is 19.0. The van der Waals surface area contributed by atoms with Gasteiger partial charge in [-0.3, -0.25) is 4.79 Å². The van der Waals surface area contributed by atoms with Crippen LogP contribution in [0.4, 0.5) is 0 Å². The number of phenolic OH excluding ortho intramolecular Hbond substituents is 1. The predicted octanol–water partition coefficient (Wildman–Crippen LogP) is 8.23. The number of ether oxygens (including phenoxy) is 3. The summed E-state index contributed by atoms with van der Waals surface area (Å²) in [6.45, 7) is 11.4. The largest absolute Gasteiger partial charge is 0.507 e. The molecule has 0 radical (unpaired) electrons. The van der Waals surface area contributed by atoms with E-state index in [1.165, 1.54) is 11.1 Å². The van der Waals surface area contributed by atoms with Crippen molar-refractivity contribution in [2.45, 2.75) is 82.0 Å². The van der Waals surface area contributed by atoms with Crippen LogP contribution in [0.3, 0.4) is 0 Å². The zero-order chi connectivity index (χ0) is 30.0. The number of aryl methyl sites for hydroxylation is 2. The maximum absolute atomic E-state index is 12.8. The number of phenols is 1. The lowest BCUT2D eigenvalue weighted by atomic mass is 9.83. The van der Waals surface area contributed by atoms with E-state index in [1.54, 1.807) is 0 Å². The Morgan fingerprint density at radius 2 is 1.50 bits per heavy atom. The molecule has 5 nitrogen and oxygen atoms in total. The summed E-state index contributed by atoms with van der Waals surface area (Å²) in [6, 6.07) is 25.2. The summed E-state index contributed by atoms with van der Waals surface area (Å²) in [7, 11) is 0. The predicted molar refractivity (Wildman–Crippen MR) is 169 cm³/mol. The molecule has 2 heterocycles. The Morgan fingerprint density at radius 3 is 2.02 bits per heavy atom. The molecule has 1 N–H and O–H groups in total. The van der Waals surface area contributed by atoms with Crippen molar-refractivity contribution in [3.63, 3.8) is 0 Å². The Bertz CT molecular complexity index is 1310. The van der Waals surface area contributed by atoms with Crippen LogP contribution in [-0.4, -0.2) is 36.7 Å². The van der Waals surface area contributed by atoms with Crippen LogP contribution in [0.15, 0.2) is 72.8 Å². The molecule has 1 spiro atoms. The number of esters is 1. The molecular weight excluding hydrogens is 544 g/mol. The highest BCUT2D eigenvalue weighted by Gasteiger charge is 2.49. The monoisotopic (exact) mass is 588 g/mol. The first-order chi connectivity index (χ1) is 20.0. The normalized spacial score (nSPS) is 26.2. The molecule has 5 rings (SSSR count). The minimum Gasteiger partial charge on any atom is -0.507 e. The number of carbonyl (C=O) groups excluding carboxylic acids is 1. The van der Waals surface area contributed by atoms with E-state index in [0.717, 1.165) is 29.5 Å². The molecule has 0 aromatic heterocycles. The Morgan fingerprint density at radius 1 is 0.952 bits per heavy atom. The molecule has 0 aliphatic carbocycles. The van der Waals surface area contributed by atoms with Crippen LogP contribution in [0, 0.1) is 12.3 Å². The van der Waals surface area contributed by atoms with E-state index in [0.29, 0.717) is 25.4 Å². The number of benzene rings is 3. The molecule has 2 unspecified atom stereocenters. The number of thioether (sulfide) groups is 1. The van der Waals surface area contributed by atoms with Gasteiger partial charge in [-0.1, -0.05) is 100 Å². The van der Waals surface area contributed by atoms with Crippen LogP contribution in [0.25, 0.3) is 0 Å². The Balaban J connectivity index is 1.19. The molecule has 2 atom stereocenters. The van der Waals surface area contributed by atoms with Crippen molar-refractivity contribution in [2.24, 2.45) is 5.41 Å². The van der Waals surface area contributed by atoms with E-state index < -0.39 is 11.2 Å². The van der Waals surface area contributed by atoms with Gasteiger partial charge in [0.15, 0.2) is 5.79 Å². The zero-order valence-corrected chi connectivity index (χ0v) is 26.3. The number of hydrogen-bond donors (Lipinski definition) is 1. The first kappa shape index (κ1) is 30.7. The third kappa shape index (κ3) is 7.21. The Kier molecular flexibility index (Phi) is 9.08. The van der Waals surface area contributed by atoms with Gasteiger partial charge >= 0.3 is 5.97 Å². The van der Waals surface area contributed by atoms with Gasteiger partial charge in [-0.15, -0.1) is 11.8 Å². The van der Waals surface area contributed by atoms with Gasteiger partial charge in [-0.2, -0.15) is 0 Å². The fraction of sp³-hybridized carbons (Fsp3) is 0.472. The lowest BCUT2D eigenvalue weighted by Gasteiger charge is -2.49. The standard InChI is InChI=1S/C36H44O5S/c1-25-18-26(19-29(33(25)38)34(2,3)4)16-17-32(37)39-22-35(5)23-40-36(41-24-35)20-30(27-12-8-6-9-13-27)42-31(21-36)28-14-10-7-11-15-28/h6-15,18-19,30-31,38H,16-17,20-24H2,1-5H3. The number of hydrogen-bond acceptors (Lipinski definition) is 6. The fourth-order valence-corrected chi connectivity index (χ4v) is 7.55. The molecule has 0 bridgehead atoms. The summed E-state index contributed by atoms with van der Waals surface area (Å²) in [5.41, 5.74) is 4.73. The maximum Gasteiger partial charge on any atom is 0.306 e. The van der Waals surface area contributed by atoms with Gasteiger partial charge in [0.1, 0.15) is 12.4 Å². The van der Waals surface area contributed by atoms with Crippen LogP contribution in [0.1, 0.15) is 85.3 Å². The van der Waals surface area contributed by atoms with Crippen molar-refractivity contribution in [3.05, 3.63) is 101 Å². The second-order valence-corrected chi connectivity index (χ2v) is 14.8. The molecule has 2 fully saturated rings. The topological polar surface area (TPSA) is 65.0 Å². The highest BCUT2D eigenvalue weighted by Crippen LogP contribution is 2.56. The Labute approximate surface area is 255 Å². The molecule has 0 amide bonds. The van der Waals surface area contributed by atoms with Crippen LogP contribution in [-0.2, 0) is 30.8 Å². The van der Waals surface area contributed by atoms with Gasteiger partial charge in [0.05, 0.1) is 13.2 Å². The van der Waals surface area contributed by atoms with Crippen molar-refractivity contribution < 1.29 is 24.1 Å². The van der Waals surface area contributed by atoms with Crippen LogP contribution in [0.2, 0.25) is 0 Å². The number of rotatable bonds is 7. The van der Waals surface area contributed by atoms with Gasteiger partial charge in [-0.25, -0.2) is 0 Å². The van der Waals surface area contributed by atoms with Gasteiger partial charge in [0.25, 0.3) is 0 Å². The molecule has 2 saturated heterocycles. The van der Waals surface area contributed by atoms with Crippen molar-refractivity contribution in [2.75, 3.05) is 19.8 Å². The molecule has 224 valence electrons. The van der Waals surface area contributed by atoms with Gasteiger partial charge in [0, 0.05) is 35.2 Å². The third-order valence-corrected chi connectivity index (χ3v) is 9.93. The lowest BCUT2D eigenvalue weighted by molar-refractivity contribution is -0.312. The second kappa shape index (κ2) is 12.4.